The first-order valence-corrected chi connectivity index (χ1v) is 11.9. The van der Waals surface area contributed by atoms with Crippen molar-refractivity contribution in [1.29, 1.82) is 0 Å². The maximum absolute atomic E-state index is 12.6. The third-order valence-corrected chi connectivity index (χ3v) is 6.15. The number of aryl methyl sites for hydroxylation is 2. The van der Waals surface area contributed by atoms with Crippen LogP contribution in [0.4, 0.5) is 17.1 Å². The van der Waals surface area contributed by atoms with E-state index in [4.69, 9.17) is 0 Å². The minimum absolute atomic E-state index is 0.0750. The number of carbonyl (C=O) groups excluding carboxylic acids is 2. The summed E-state index contributed by atoms with van der Waals surface area (Å²) in [7, 11) is 0. The summed E-state index contributed by atoms with van der Waals surface area (Å²) >= 11 is 0. The molecule has 8 nitrogen and oxygen atoms in total. The molecule has 4 rings (SSSR count). The van der Waals surface area contributed by atoms with E-state index in [1.165, 1.54) is 6.07 Å². The Bertz CT molecular complexity index is 1280. The molecule has 1 fully saturated rings. The number of rotatable bonds is 7. The second-order valence-electron chi connectivity index (χ2n) is 9.04. The number of amides is 2. The molecule has 0 atom stereocenters. The molecular weight excluding hydrogens is 456 g/mol. The molecule has 0 unspecified atom stereocenters. The first-order chi connectivity index (χ1) is 17.3. The molecule has 36 heavy (non-hydrogen) atoms. The Kier molecular flexibility index (Phi) is 7.65. The highest BCUT2D eigenvalue weighted by atomic mass is 16.4. The molecule has 3 N–H and O–H groups in total. The van der Waals surface area contributed by atoms with Crippen LogP contribution >= 0.6 is 0 Å². The number of anilines is 3. The third kappa shape index (κ3) is 6.28. The zero-order chi connectivity index (χ0) is 25.7. The summed E-state index contributed by atoms with van der Waals surface area (Å²) in [6.07, 6.45) is 0. The molecule has 2 amide bonds. The topological polar surface area (TPSA) is 102 Å². The van der Waals surface area contributed by atoms with Crippen molar-refractivity contribution in [3.05, 3.63) is 89.0 Å². The van der Waals surface area contributed by atoms with Crippen molar-refractivity contribution in [2.45, 2.75) is 13.8 Å². The monoisotopic (exact) mass is 486 g/mol. The lowest BCUT2D eigenvalue weighted by atomic mass is 10.1. The predicted octanol–water partition coefficient (Wildman–Crippen LogP) is 4.01. The quantitative estimate of drug-likeness (QED) is 0.466. The highest BCUT2D eigenvalue weighted by molar-refractivity contribution is 6.05. The van der Waals surface area contributed by atoms with Crippen molar-refractivity contribution in [3.63, 3.8) is 0 Å². The van der Waals surface area contributed by atoms with Gasteiger partial charge in [-0.2, -0.15) is 0 Å². The van der Waals surface area contributed by atoms with Crippen LogP contribution in [0.25, 0.3) is 0 Å². The summed E-state index contributed by atoms with van der Waals surface area (Å²) in [5.41, 5.74) is 4.49. The number of piperazine rings is 1. The Morgan fingerprint density at radius 1 is 0.806 bits per heavy atom. The minimum Gasteiger partial charge on any atom is -0.478 e. The highest BCUT2D eigenvalue weighted by Crippen LogP contribution is 2.26. The maximum atomic E-state index is 12.6. The summed E-state index contributed by atoms with van der Waals surface area (Å²) in [6.45, 7) is 6.60. The number of hydrogen-bond donors (Lipinski definition) is 3. The first kappa shape index (κ1) is 24.9. The molecule has 3 aromatic carbocycles. The fourth-order valence-corrected chi connectivity index (χ4v) is 4.32. The minimum atomic E-state index is -1.06. The smallest absolute Gasteiger partial charge is 0.337 e. The van der Waals surface area contributed by atoms with Gasteiger partial charge in [-0.15, -0.1) is 0 Å². The molecule has 0 aliphatic carbocycles. The molecule has 0 spiro atoms. The molecule has 0 aromatic heterocycles. The summed E-state index contributed by atoms with van der Waals surface area (Å²) in [4.78, 5) is 41.1. The SMILES string of the molecule is Cc1cccc(NC(=O)CN2CCN(c3ccc(NC(=O)c4cccc(C)c4)cc3C(=O)O)CC2)c1. The summed E-state index contributed by atoms with van der Waals surface area (Å²) < 4.78 is 0. The summed E-state index contributed by atoms with van der Waals surface area (Å²) in [6, 6.07) is 19.8. The molecule has 3 aromatic rings. The highest BCUT2D eigenvalue weighted by Gasteiger charge is 2.23. The fraction of sp³-hybridized carbons (Fsp3) is 0.250. The average molecular weight is 487 g/mol. The van der Waals surface area contributed by atoms with E-state index in [2.05, 4.69) is 15.5 Å². The van der Waals surface area contributed by atoms with E-state index in [1.807, 2.05) is 55.1 Å². The number of carboxylic acid groups (broad SMARTS) is 1. The van der Waals surface area contributed by atoms with Crippen LogP contribution in [0.2, 0.25) is 0 Å². The number of nitrogens with zero attached hydrogens (tertiary/aromatic N) is 2. The number of nitrogens with one attached hydrogen (secondary N) is 2. The van der Waals surface area contributed by atoms with Gasteiger partial charge in [0.25, 0.3) is 5.91 Å². The molecule has 0 saturated carbocycles. The van der Waals surface area contributed by atoms with Gasteiger partial charge in [-0.25, -0.2) is 4.79 Å². The lowest BCUT2D eigenvalue weighted by molar-refractivity contribution is -0.117. The number of carboxylic acids is 1. The maximum Gasteiger partial charge on any atom is 0.337 e. The zero-order valence-corrected chi connectivity index (χ0v) is 20.5. The molecule has 1 heterocycles. The standard InChI is InChI=1S/C28H30N4O4/c1-19-5-3-7-21(15-19)27(34)30-23-9-10-25(24(17-23)28(35)36)32-13-11-31(12-14-32)18-26(33)29-22-8-4-6-20(2)16-22/h3-10,15-17H,11-14,18H2,1-2H3,(H,29,33)(H,30,34)(H,35,36). The Hall–Kier alpha value is -4.17. The number of benzene rings is 3. The molecule has 8 heteroatoms. The van der Waals surface area contributed by atoms with E-state index >= 15 is 0 Å². The normalized spacial score (nSPS) is 13.8. The second-order valence-corrected chi connectivity index (χ2v) is 9.04. The number of aromatic carboxylic acids is 1. The van der Waals surface area contributed by atoms with E-state index in [9.17, 15) is 19.5 Å². The van der Waals surface area contributed by atoms with Crippen molar-refractivity contribution >= 4 is 34.8 Å². The van der Waals surface area contributed by atoms with Crippen LogP contribution in [0.3, 0.4) is 0 Å². The van der Waals surface area contributed by atoms with Crippen molar-refractivity contribution in [2.75, 3.05) is 48.3 Å². The van der Waals surface area contributed by atoms with Gasteiger partial charge in [0, 0.05) is 43.1 Å². The van der Waals surface area contributed by atoms with E-state index in [0.29, 0.717) is 43.1 Å². The van der Waals surface area contributed by atoms with Gasteiger partial charge in [0.2, 0.25) is 5.91 Å². The van der Waals surface area contributed by atoms with E-state index in [0.717, 1.165) is 16.8 Å². The third-order valence-electron chi connectivity index (χ3n) is 6.15. The van der Waals surface area contributed by atoms with Crippen molar-refractivity contribution in [1.82, 2.24) is 4.90 Å². The molecule has 1 aliphatic rings. The fourth-order valence-electron chi connectivity index (χ4n) is 4.32. The van der Waals surface area contributed by atoms with Gasteiger partial charge in [0.05, 0.1) is 17.8 Å². The second kappa shape index (κ2) is 11.0. The molecule has 1 aliphatic heterocycles. The van der Waals surface area contributed by atoms with Crippen LogP contribution in [-0.2, 0) is 4.79 Å². The van der Waals surface area contributed by atoms with Crippen LogP contribution in [-0.4, -0.2) is 60.5 Å². The van der Waals surface area contributed by atoms with Gasteiger partial charge >= 0.3 is 5.97 Å². The Labute approximate surface area is 210 Å². The van der Waals surface area contributed by atoms with Crippen LogP contribution in [0.5, 0.6) is 0 Å². The number of hydrogen-bond acceptors (Lipinski definition) is 5. The van der Waals surface area contributed by atoms with Crippen molar-refractivity contribution in [2.24, 2.45) is 0 Å². The Morgan fingerprint density at radius 3 is 2.14 bits per heavy atom. The lowest BCUT2D eigenvalue weighted by Crippen LogP contribution is -2.49. The summed E-state index contributed by atoms with van der Waals surface area (Å²) in [5, 5.41) is 15.6. The lowest BCUT2D eigenvalue weighted by Gasteiger charge is -2.36. The van der Waals surface area contributed by atoms with Gasteiger partial charge < -0.3 is 20.6 Å². The molecule has 0 bridgehead atoms. The van der Waals surface area contributed by atoms with Gasteiger partial charge in [-0.05, 0) is 61.9 Å². The average Bonchev–Trinajstić information content (AvgIpc) is 2.84. The van der Waals surface area contributed by atoms with Gasteiger partial charge in [-0.1, -0.05) is 29.8 Å². The molecule has 0 radical (unpaired) electrons. The molecular formula is C28H30N4O4. The van der Waals surface area contributed by atoms with E-state index < -0.39 is 5.97 Å². The Balaban J connectivity index is 1.37. The van der Waals surface area contributed by atoms with Crippen molar-refractivity contribution < 1.29 is 19.5 Å². The first-order valence-electron chi connectivity index (χ1n) is 11.9. The molecule has 1 saturated heterocycles. The van der Waals surface area contributed by atoms with E-state index in [1.54, 1.807) is 24.3 Å². The van der Waals surface area contributed by atoms with Crippen LogP contribution in [0.1, 0.15) is 31.8 Å². The van der Waals surface area contributed by atoms with Crippen LogP contribution < -0.4 is 15.5 Å². The molecule has 186 valence electrons. The van der Waals surface area contributed by atoms with Gasteiger partial charge in [-0.3, -0.25) is 14.5 Å². The summed E-state index contributed by atoms with van der Waals surface area (Å²) in [5.74, 6) is -1.43. The van der Waals surface area contributed by atoms with Crippen LogP contribution in [0, 0.1) is 13.8 Å². The Morgan fingerprint density at radius 2 is 1.47 bits per heavy atom. The van der Waals surface area contributed by atoms with Crippen LogP contribution in [0.15, 0.2) is 66.7 Å². The largest absolute Gasteiger partial charge is 0.478 e. The van der Waals surface area contributed by atoms with E-state index in [-0.39, 0.29) is 23.9 Å². The van der Waals surface area contributed by atoms with Gasteiger partial charge in [0.1, 0.15) is 0 Å². The van der Waals surface area contributed by atoms with Crippen molar-refractivity contribution in [3.8, 4) is 0 Å². The predicted molar refractivity (Wildman–Crippen MR) is 141 cm³/mol. The number of carbonyl (C=O) groups is 3. The zero-order valence-electron chi connectivity index (χ0n) is 20.5. The van der Waals surface area contributed by atoms with Gasteiger partial charge in [0.15, 0.2) is 0 Å².